The van der Waals surface area contributed by atoms with Crippen LogP contribution in [0.15, 0.2) is 24.3 Å². The predicted octanol–water partition coefficient (Wildman–Crippen LogP) is 2.13. The lowest BCUT2D eigenvalue weighted by Crippen LogP contribution is -2.39. The number of aliphatic carboxylic acids is 1. The highest BCUT2D eigenvalue weighted by atomic mass is 16.4. The van der Waals surface area contributed by atoms with E-state index in [9.17, 15) is 9.59 Å². The average Bonchev–Trinajstić information content (AvgIpc) is 2.47. The van der Waals surface area contributed by atoms with E-state index < -0.39 is 5.97 Å². The van der Waals surface area contributed by atoms with Crippen molar-refractivity contribution in [2.75, 3.05) is 19.0 Å². The third kappa shape index (κ3) is 3.97. The largest absolute Gasteiger partial charge is 0.481 e. The van der Waals surface area contributed by atoms with E-state index >= 15 is 0 Å². The van der Waals surface area contributed by atoms with Gasteiger partial charge in [0, 0.05) is 31.4 Å². The van der Waals surface area contributed by atoms with Crippen LogP contribution in [0.25, 0.3) is 0 Å². The van der Waals surface area contributed by atoms with Gasteiger partial charge in [-0.05, 0) is 43.5 Å². The molecule has 2 unspecified atom stereocenters. The molecule has 1 aliphatic rings. The molecule has 0 bridgehead atoms. The molecular weight excluding hydrogens is 268 g/mol. The first-order chi connectivity index (χ1) is 9.97. The van der Waals surface area contributed by atoms with E-state index in [2.05, 4.69) is 5.32 Å². The number of anilines is 1. The highest BCUT2D eigenvalue weighted by molar-refractivity contribution is 5.94. The highest BCUT2D eigenvalue weighted by Crippen LogP contribution is 2.24. The summed E-state index contributed by atoms with van der Waals surface area (Å²) in [5.74, 6) is -1.22. The number of nitrogens with one attached hydrogen (secondary N) is 1. The van der Waals surface area contributed by atoms with Crippen molar-refractivity contribution in [1.82, 2.24) is 5.32 Å². The third-order valence-electron chi connectivity index (χ3n) is 4.00. The molecule has 0 aromatic heterocycles. The first-order valence-electron chi connectivity index (χ1n) is 7.28. The van der Waals surface area contributed by atoms with Gasteiger partial charge in [0.2, 0.25) is 0 Å². The summed E-state index contributed by atoms with van der Waals surface area (Å²) < 4.78 is 0. The van der Waals surface area contributed by atoms with Crippen molar-refractivity contribution < 1.29 is 14.7 Å². The quantitative estimate of drug-likeness (QED) is 0.891. The zero-order valence-electron chi connectivity index (χ0n) is 12.5. The number of nitrogens with zero attached hydrogens (tertiary/aromatic N) is 1. The van der Waals surface area contributed by atoms with Crippen LogP contribution in [0, 0.1) is 5.92 Å². The second-order valence-corrected chi connectivity index (χ2v) is 5.81. The van der Waals surface area contributed by atoms with E-state index in [1.54, 1.807) is 12.1 Å². The molecule has 1 aromatic carbocycles. The van der Waals surface area contributed by atoms with Crippen molar-refractivity contribution in [2.24, 2.45) is 5.92 Å². The number of carbonyl (C=O) groups is 2. The summed E-state index contributed by atoms with van der Waals surface area (Å²) in [6.07, 6.45) is 2.93. The van der Waals surface area contributed by atoms with Crippen molar-refractivity contribution in [3.8, 4) is 0 Å². The second-order valence-electron chi connectivity index (χ2n) is 5.81. The van der Waals surface area contributed by atoms with E-state index in [1.807, 2.05) is 31.1 Å². The predicted molar refractivity (Wildman–Crippen MR) is 81.6 cm³/mol. The van der Waals surface area contributed by atoms with E-state index in [-0.39, 0.29) is 17.9 Å². The first-order valence-corrected chi connectivity index (χ1v) is 7.28. The van der Waals surface area contributed by atoms with Crippen LogP contribution >= 0.6 is 0 Å². The number of carboxylic acids is 1. The van der Waals surface area contributed by atoms with Crippen LogP contribution in [0.3, 0.4) is 0 Å². The molecule has 1 aliphatic carbocycles. The van der Waals surface area contributed by atoms with Crippen molar-refractivity contribution in [2.45, 2.75) is 31.7 Å². The molecule has 1 amide bonds. The van der Waals surface area contributed by atoms with Gasteiger partial charge in [0.1, 0.15) is 0 Å². The minimum Gasteiger partial charge on any atom is -0.481 e. The normalized spacial score (nSPS) is 21.6. The Labute approximate surface area is 125 Å². The minimum absolute atomic E-state index is 0.0409. The van der Waals surface area contributed by atoms with Crippen molar-refractivity contribution in [1.29, 1.82) is 0 Å². The number of benzene rings is 1. The van der Waals surface area contributed by atoms with Crippen LogP contribution in [0.1, 0.15) is 36.0 Å². The van der Waals surface area contributed by atoms with Gasteiger partial charge in [-0.25, -0.2) is 0 Å². The molecule has 2 atom stereocenters. The number of amides is 1. The van der Waals surface area contributed by atoms with Gasteiger partial charge >= 0.3 is 5.97 Å². The molecule has 2 rings (SSSR count). The summed E-state index contributed by atoms with van der Waals surface area (Å²) >= 11 is 0. The fourth-order valence-electron chi connectivity index (χ4n) is 2.72. The van der Waals surface area contributed by atoms with E-state index in [0.717, 1.165) is 18.5 Å². The summed E-state index contributed by atoms with van der Waals surface area (Å²) in [6, 6.07) is 7.34. The van der Waals surface area contributed by atoms with E-state index in [0.29, 0.717) is 18.4 Å². The molecule has 0 heterocycles. The third-order valence-corrected chi connectivity index (χ3v) is 4.00. The Morgan fingerprint density at radius 3 is 2.43 bits per heavy atom. The molecule has 5 nitrogen and oxygen atoms in total. The average molecular weight is 290 g/mol. The van der Waals surface area contributed by atoms with Gasteiger partial charge in [0.15, 0.2) is 0 Å². The lowest BCUT2D eigenvalue weighted by atomic mass is 9.85. The summed E-state index contributed by atoms with van der Waals surface area (Å²) in [6.45, 7) is 0. The summed E-state index contributed by atoms with van der Waals surface area (Å²) in [5, 5.41) is 12.0. The van der Waals surface area contributed by atoms with E-state index in [4.69, 9.17) is 5.11 Å². The first kappa shape index (κ1) is 15.4. The molecule has 2 N–H and O–H groups in total. The standard InChI is InChI=1S/C16H22N2O3/c1-18(2)14-8-6-11(7-9-14)15(19)17-13-5-3-4-12(10-13)16(20)21/h6-9,12-13H,3-5,10H2,1-2H3,(H,17,19)(H,20,21). The van der Waals surface area contributed by atoms with Gasteiger partial charge in [0.25, 0.3) is 5.91 Å². The van der Waals surface area contributed by atoms with Gasteiger partial charge in [-0.2, -0.15) is 0 Å². The number of carbonyl (C=O) groups excluding carboxylic acids is 1. The Kier molecular flexibility index (Phi) is 4.83. The molecule has 0 radical (unpaired) electrons. The molecule has 1 saturated carbocycles. The van der Waals surface area contributed by atoms with Gasteiger partial charge in [-0.15, -0.1) is 0 Å². The maximum Gasteiger partial charge on any atom is 0.306 e. The van der Waals surface area contributed by atoms with Crippen LogP contribution in [0.4, 0.5) is 5.69 Å². The molecule has 114 valence electrons. The topological polar surface area (TPSA) is 69.6 Å². The maximum absolute atomic E-state index is 12.2. The van der Waals surface area contributed by atoms with Gasteiger partial charge in [0.05, 0.1) is 5.92 Å². The summed E-state index contributed by atoms with van der Waals surface area (Å²) in [4.78, 5) is 25.2. The van der Waals surface area contributed by atoms with Crippen LogP contribution < -0.4 is 10.2 Å². The molecule has 0 spiro atoms. The van der Waals surface area contributed by atoms with Gasteiger partial charge in [-0.1, -0.05) is 6.42 Å². The fourth-order valence-corrected chi connectivity index (χ4v) is 2.72. The number of carboxylic acid groups (broad SMARTS) is 1. The Morgan fingerprint density at radius 2 is 1.86 bits per heavy atom. The lowest BCUT2D eigenvalue weighted by molar-refractivity contribution is -0.143. The van der Waals surface area contributed by atoms with Crippen molar-refractivity contribution >= 4 is 17.6 Å². The Balaban J connectivity index is 1.96. The number of hydrogen-bond donors (Lipinski definition) is 2. The van der Waals surface area contributed by atoms with Gasteiger partial charge < -0.3 is 15.3 Å². The van der Waals surface area contributed by atoms with Crippen molar-refractivity contribution in [3.05, 3.63) is 29.8 Å². The van der Waals surface area contributed by atoms with Crippen LogP contribution in [0.5, 0.6) is 0 Å². The maximum atomic E-state index is 12.2. The Bertz CT molecular complexity index is 511. The lowest BCUT2D eigenvalue weighted by Gasteiger charge is -2.27. The molecule has 0 aliphatic heterocycles. The Morgan fingerprint density at radius 1 is 1.19 bits per heavy atom. The zero-order chi connectivity index (χ0) is 15.4. The summed E-state index contributed by atoms with van der Waals surface area (Å²) in [7, 11) is 3.90. The molecule has 1 fully saturated rings. The van der Waals surface area contributed by atoms with Crippen LogP contribution in [-0.2, 0) is 4.79 Å². The SMILES string of the molecule is CN(C)c1ccc(C(=O)NC2CCCC(C(=O)O)C2)cc1. The zero-order valence-corrected chi connectivity index (χ0v) is 12.5. The number of rotatable bonds is 4. The molecule has 21 heavy (non-hydrogen) atoms. The smallest absolute Gasteiger partial charge is 0.306 e. The molecule has 1 aromatic rings. The minimum atomic E-state index is -0.760. The van der Waals surface area contributed by atoms with E-state index in [1.165, 1.54) is 0 Å². The second kappa shape index (κ2) is 6.61. The fraction of sp³-hybridized carbons (Fsp3) is 0.500. The monoisotopic (exact) mass is 290 g/mol. The van der Waals surface area contributed by atoms with Crippen LogP contribution in [-0.4, -0.2) is 37.1 Å². The molecule has 5 heteroatoms. The molecule has 0 saturated heterocycles. The van der Waals surface area contributed by atoms with Gasteiger partial charge in [-0.3, -0.25) is 9.59 Å². The Hall–Kier alpha value is -2.04. The highest BCUT2D eigenvalue weighted by Gasteiger charge is 2.27. The summed E-state index contributed by atoms with van der Waals surface area (Å²) in [5.41, 5.74) is 1.65. The van der Waals surface area contributed by atoms with Crippen LogP contribution in [0.2, 0.25) is 0 Å². The van der Waals surface area contributed by atoms with Crippen molar-refractivity contribution in [3.63, 3.8) is 0 Å². The molecular formula is C16H22N2O3. The number of hydrogen-bond acceptors (Lipinski definition) is 3.